The number of rotatable bonds is 0. The lowest BCUT2D eigenvalue weighted by atomic mass is 9.96. The van der Waals surface area contributed by atoms with Crippen LogP contribution in [0.3, 0.4) is 0 Å². The molecule has 0 spiro atoms. The van der Waals surface area contributed by atoms with Gasteiger partial charge >= 0.3 is 0 Å². The molecule has 1 aromatic rings. The smallest absolute Gasteiger partial charge is 0.0227 e. The lowest BCUT2D eigenvalue weighted by molar-refractivity contribution is 0.982. The van der Waals surface area contributed by atoms with Gasteiger partial charge in [-0.3, -0.25) is 0 Å². The van der Waals surface area contributed by atoms with Gasteiger partial charge in [-0.15, -0.1) is 0 Å². The van der Waals surface area contributed by atoms with E-state index in [1.165, 1.54) is 29.5 Å². The summed E-state index contributed by atoms with van der Waals surface area (Å²) >= 11 is 0. The summed E-state index contributed by atoms with van der Waals surface area (Å²) in [6.07, 6.45) is 6.89. The van der Waals surface area contributed by atoms with E-state index in [1.807, 2.05) is 0 Å². The molecule has 0 bridgehead atoms. The molecule has 1 aliphatic rings. The topological polar surface area (TPSA) is 0 Å². The predicted octanol–water partition coefficient (Wildman–Crippen LogP) is 2.95. The van der Waals surface area contributed by atoms with Crippen molar-refractivity contribution >= 4 is 6.08 Å². The molecule has 1 aliphatic carbocycles. The number of allylic oxidation sites excluding steroid dienone is 1. The molecule has 0 saturated carbocycles. The quantitative estimate of drug-likeness (QED) is 0.525. The molecular formula is C11H12. The minimum atomic E-state index is 1.20. The van der Waals surface area contributed by atoms with Crippen molar-refractivity contribution in [2.75, 3.05) is 0 Å². The van der Waals surface area contributed by atoms with Crippen LogP contribution in [0.5, 0.6) is 0 Å². The minimum Gasteiger partial charge on any atom is -0.0836 e. The van der Waals surface area contributed by atoms with Crippen molar-refractivity contribution in [2.45, 2.75) is 19.8 Å². The van der Waals surface area contributed by atoms with Crippen LogP contribution >= 0.6 is 0 Å². The first-order valence-corrected chi connectivity index (χ1v) is 4.12. The Bertz CT molecular complexity index is 295. The van der Waals surface area contributed by atoms with Gasteiger partial charge in [0.15, 0.2) is 0 Å². The van der Waals surface area contributed by atoms with E-state index in [0.717, 1.165) is 0 Å². The number of aryl methyl sites for hydroxylation is 2. The molecule has 0 heterocycles. The summed E-state index contributed by atoms with van der Waals surface area (Å²) in [5, 5.41) is 0. The van der Waals surface area contributed by atoms with Crippen LogP contribution < -0.4 is 0 Å². The molecule has 0 atom stereocenters. The Morgan fingerprint density at radius 3 is 3.09 bits per heavy atom. The van der Waals surface area contributed by atoms with Crippen molar-refractivity contribution < 1.29 is 0 Å². The summed E-state index contributed by atoms with van der Waals surface area (Å²) in [7, 11) is 0. The zero-order chi connectivity index (χ0) is 7.68. The highest BCUT2D eigenvalue weighted by molar-refractivity contribution is 5.56. The second kappa shape index (κ2) is 2.54. The molecular weight excluding hydrogens is 132 g/mol. The fourth-order valence-electron chi connectivity index (χ4n) is 1.56. The number of benzene rings is 1. The van der Waals surface area contributed by atoms with Gasteiger partial charge in [-0.2, -0.15) is 0 Å². The van der Waals surface area contributed by atoms with E-state index in [-0.39, 0.29) is 0 Å². The van der Waals surface area contributed by atoms with Crippen LogP contribution in [0.2, 0.25) is 0 Å². The van der Waals surface area contributed by atoms with Gasteiger partial charge in [-0.25, -0.2) is 0 Å². The third kappa shape index (κ3) is 1.21. The Morgan fingerprint density at radius 2 is 2.18 bits per heavy atom. The Labute approximate surface area is 67.6 Å². The molecule has 0 aliphatic heterocycles. The van der Waals surface area contributed by atoms with Crippen molar-refractivity contribution in [3.8, 4) is 0 Å². The Balaban J connectivity index is 2.53. The molecule has 1 aromatic carbocycles. The van der Waals surface area contributed by atoms with E-state index < -0.39 is 0 Å². The third-order valence-electron chi connectivity index (χ3n) is 2.18. The SMILES string of the molecule is Cc1ccc2c(c1)CCC=C2. The average molecular weight is 144 g/mol. The summed E-state index contributed by atoms with van der Waals surface area (Å²) < 4.78 is 0. The monoisotopic (exact) mass is 144 g/mol. The normalized spacial score (nSPS) is 14.6. The molecule has 0 heteroatoms. The van der Waals surface area contributed by atoms with Crippen molar-refractivity contribution in [3.05, 3.63) is 41.0 Å². The average Bonchev–Trinajstić information content (AvgIpc) is 2.04. The molecule has 0 amide bonds. The summed E-state index contributed by atoms with van der Waals surface area (Å²) in [6.45, 7) is 2.15. The first-order valence-electron chi connectivity index (χ1n) is 4.12. The Kier molecular flexibility index (Phi) is 1.54. The first-order chi connectivity index (χ1) is 5.36. The minimum absolute atomic E-state index is 1.20. The molecule has 0 fully saturated rings. The summed E-state index contributed by atoms with van der Waals surface area (Å²) in [5.74, 6) is 0. The van der Waals surface area contributed by atoms with E-state index in [2.05, 4.69) is 37.3 Å². The van der Waals surface area contributed by atoms with Crippen LogP contribution in [0.25, 0.3) is 6.08 Å². The zero-order valence-electron chi connectivity index (χ0n) is 6.80. The first kappa shape index (κ1) is 6.66. The van der Waals surface area contributed by atoms with Crippen molar-refractivity contribution in [1.82, 2.24) is 0 Å². The van der Waals surface area contributed by atoms with Crippen LogP contribution in [0.1, 0.15) is 23.1 Å². The summed E-state index contributed by atoms with van der Waals surface area (Å²) in [4.78, 5) is 0. The maximum atomic E-state index is 2.29. The molecule has 0 N–H and O–H groups in total. The molecule has 0 unspecified atom stereocenters. The van der Waals surface area contributed by atoms with E-state index in [4.69, 9.17) is 0 Å². The Morgan fingerprint density at radius 1 is 1.27 bits per heavy atom. The van der Waals surface area contributed by atoms with Gasteiger partial charge in [0.1, 0.15) is 0 Å². The lowest BCUT2D eigenvalue weighted by Gasteiger charge is -2.09. The van der Waals surface area contributed by atoms with E-state index in [1.54, 1.807) is 0 Å². The fraction of sp³-hybridized carbons (Fsp3) is 0.273. The molecule has 2 rings (SSSR count). The second-order valence-corrected chi connectivity index (χ2v) is 3.14. The van der Waals surface area contributed by atoms with Crippen LogP contribution in [-0.2, 0) is 6.42 Å². The number of fused-ring (bicyclic) bond motifs is 1. The lowest BCUT2D eigenvalue weighted by Crippen LogP contribution is -1.93. The largest absolute Gasteiger partial charge is 0.0836 e. The highest BCUT2D eigenvalue weighted by Crippen LogP contribution is 2.19. The van der Waals surface area contributed by atoms with E-state index in [9.17, 15) is 0 Å². The molecule has 11 heavy (non-hydrogen) atoms. The summed E-state index contributed by atoms with van der Waals surface area (Å²) in [6, 6.07) is 6.67. The maximum absolute atomic E-state index is 2.29. The van der Waals surface area contributed by atoms with Gasteiger partial charge in [-0.1, -0.05) is 35.9 Å². The highest BCUT2D eigenvalue weighted by Gasteiger charge is 2.02. The van der Waals surface area contributed by atoms with E-state index in [0.29, 0.717) is 0 Å². The van der Waals surface area contributed by atoms with Gasteiger partial charge in [0.05, 0.1) is 0 Å². The second-order valence-electron chi connectivity index (χ2n) is 3.14. The molecule has 0 aromatic heterocycles. The van der Waals surface area contributed by atoms with Crippen molar-refractivity contribution in [3.63, 3.8) is 0 Å². The highest BCUT2D eigenvalue weighted by atomic mass is 14.1. The van der Waals surface area contributed by atoms with Crippen LogP contribution in [0.15, 0.2) is 24.3 Å². The molecule has 0 saturated heterocycles. The van der Waals surface area contributed by atoms with Crippen LogP contribution in [0, 0.1) is 6.92 Å². The Hall–Kier alpha value is -1.04. The van der Waals surface area contributed by atoms with Crippen molar-refractivity contribution in [2.24, 2.45) is 0 Å². The van der Waals surface area contributed by atoms with Crippen LogP contribution in [-0.4, -0.2) is 0 Å². The van der Waals surface area contributed by atoms with Crippen molar-refractivity contribution in [1.29, 1.82) is 0 Å². The molecule has 56 valence electrons. The third-order valence-corrected chi connectivity index (χ3v) is 2.18. The fourth-order valence-corrected chi connectivity index (χ4v) is 1.56. The van der Waals surface area contributed by atoms with Gasteiger partial charge in [0.25, 0.3) is 0 Å². The zero-order valence-corrected chi connectivity index (χ0v) is 6.80. The maximum Gasteiger partial charge on any atom is -0.0227 e. The number of hydrogen-bond donors (Lipinski definition) is 0. The van der Waals surface area contributed by atoms with Gasteiger partial charge in [-0.05, 0) is 30.9 Å². The van der Waals surface area contributed by atoms with Gasteiger partial charge < -0.3 is 0 Å². The van der Waals surface area contributed by atoms with E-state index >= 15 is 0 Å². The molecule has 0 radical (unpaired) electrons. The van der Waals surface area contributed by atoms with Crippen LogP contribution in [0.4, 0.5) is 0 Å². The molecule has 0 nitrogen and oxygen atoms in total. The number of hydrogen-bond acceptors (Lipinski definition) is 0. The predicted molar refractivity (Wildman–Crippen MR) is 48.5 cm³/mol. The van der Waals surface area contributed by atoms with Gasteiger partial charge in [0, 0.05) is 0 Å². The summed E-state index contributed by atoms with van der Waals surface area (Å²) in [5.41, 5.74) is 4.29. The van der Waals surface area contributed by atoms with Gasteiger partial charge in [0.2, 0.25) is 0 Å². The standard InChI is InChI=1S/C11H12/c1-9-6-7-10-4-2-3-5-11(10)8-9/h2,4,6-8H,3,5H2,1H3.